The second-order valence-electron chi connectivity index (χ2n) is 4.22. The van der Waals surface area contributed by atoms with Gasteiger partial charge in [-0.05, 0) is 26.0 Å². The van der Waals surface area contributed by atoms with Crippen LogP contribution in [-0.4, -0.2) is 27.5 Å². The Hall–Kier alpha value is -2.10. The zero-order chi connectivity index (χ0) is 12.5. The van der Waals surface area contributed by atoms with Crippen molar-refractivity contribution in [3.8, 4) is 0 Å². The molecule has 0 amide bonds. The first-order valence-electron chi connectivity index (χ1n) is 6.32. The van der Waals surface area contributed by atoms with Crippen LogP contribution in [0.3, 0.4) is 0 Å². The lowest BCUT2D eigenvalue weighted by Crippen LogP contribution is -2.23. The standard InChI is InChI=1S/C14H16N4/c1-3-17(4-2)13-11-7-5-6-8-12(11)18-10-9-15-14(18)16-13/h5-10H,3-4H2,1-2H3. The fourth-order valence-corrected chi connectivity index (χ4v) is 2.36. The normalized spacial score (nSPS) is 11.2. The molecule has 3 aromatic rings. The molecule has 2 heterocycles. The number of aromatic nitrogens is 3. The van der Waals surface area contributed by atoms with Crippen molar-refractivity contribution in [1.29, 1.82) is 0 Å². The largest absolute Gasteiger partial charge is 0.356 e. The van der Waals surface area contributed by atoms with Crippen LogP contribution in [0, 0.1) is 0 Å². The first kappa shape index (κ1) is 11.0. The number of imidazole rings is 1. The third-order valence-corrected chi connectivity index (χ3v) is 3.29. The van der Waals surface area contributed by atoms with E-state index in [0.29, 0.717) is 0 Å². The van der Waals surface area contributed by atoms with E-state index in [2.05, 4.69) is 46.9 Å². The minimum absolute atomic E-state index is 0.760. The van der Waals surface area contributed by atoms with Crippen LogP contribution in [0.1, 0.15) is 13.8 Å². The summed E-state index contributed by atoms with van der Waals surface area (Å²) in [4.78, 5) is 11.2. The van der Waals surface area contributed by atoms with Gasteiger partial charge in [-0.2, -0.15) is 4.98 Å². The van der Waals surface area contributed by atoms with E-state index < -0.39 is 0 Å². The van der Waals surface area contributed by atoms with Gasteiger partial charge in [-0.15, -0.1) is 0 Å². The summed E-state index contributed by atoms with van der Waals surface area (Å²) < 4.78 is 2.03. The Kier molecular flexibility index (Phi) is 2.63. The Morgan fingerprint density at radius 1 is 1.17 bits per heavy atom. The summed E-state index contributed by atoms with van der Waals surface area (Å²) >= 11 is 0. The van der Waals surface area contributed by atoms with Gasteiger partial charge in [-0.1, -0.05) is 12.1 Å². The number of benzene rings is 1. The average Bonchev–Trinajstić information content (AvgIpc) is 2.88. The molecular formula is C14H16N4. The molecule has 0 N–H and O–H groups in total. The Labute approximate surface area is 106 Å². The second kappa shape index (κ2) is 4.29. The first-order chi connectivity index (χ1) is 8.85. The number of para-hydroxylation sites is 1. The Bertz CT molecular complexity index is 682. The summed E-state index contributed by atoms with van der Waals surface area (Å²) in [5.41, 5.74) is 1.15. The Morgan fingerprint density at radius 3 is 2.72 bits per heavy atom. The van der Waals surface area contributed by atoms with Gasteiger partial charge < -0.3 is 4.90 Å². The highest BCUT2D eigenvalue weighted by molar-refractivity contribution is 5.91. The van der Waals surface area contributed by atoms with Crippen LogP contribution in [-0.2, 0) is 0 Å². The van der Waals surface area contributed by atoms with Crippen LogP contribution >= 0.6 is 0 Å². The highest BCUT2D eigenvalue weighted by atomic mass is 15.2. The van der Waals surface area contributed by atoms with Crippen molar-refractivity contribution in [2.45, 2.75) is 13.8 Å². The molecule has 0 saturated heterocycles. The molecule has 0 bridgehead atoms. The fraction of sp³-hybridized carbons (Fsp3) is 0.286. The third kappa shape index (κ3) is 1.53. The van der Waals surface area contributed by atoms with Gasteiger partial charge in [0.25, 0.3) is 0 Å². The molecule has 4 nitrogen and oxygen atoms in total. The number of hydrogen-bond donors (Lipinski definition) is 0. The summed E-state index contributed by atoms with van der Waals surface area (Å²) in [5.74, 6) is 1.78. The van der Waals surface area contributed by atoms with Crippen molar-refractivity contribution in [2.24, 2.45) is 0 Å². The molecule has 0 radical (unpaired) electrons. The van der Waals surface area contributed by atoms with Crippen molar-refractivity contribution in [3.63, 3.8) is 0 Å². The van der Waals surface area contributed by atoms with E-state index in [-0.39, 0.29) is 0 Å². The monoisotopic (exact) mass is 240 g/mol. The first-order valence-corrected chi connectivity index (χ1v) is 6.32. The third-order valence-electron chi connectivity index (χ3n) is 3.29. The lowest BCUT2D eigenvalue weighted by Gasteiger charge is -2.21. The highest BCUT2D eigenvalue weighted by Gasteiger charge is 2.12. The SMILES string of the molecule is CCN(CC)c1nc2nccn2c2ccccc12. The maximum absolute atomic E-state index is 4.68. The van der Waals surface area contributed by atoms with Gasteiger partial charge in [0.05, 0.1) is 5.52 Å². The number of nitrogens with zero attached hydrogens (tertiary/aromatic N) is 4. The molecule has 0 saturated carbocycles. The van der Waals surface area contributed by atoms with Crippen molar-refractivity contribution in [3.05, 3.63) is 36.7 Å². The van der Waals surface area contributed by atoms with Crippen LogP contribution in [0.5, 0.6) is 0 Å². The van der Waals surface area contributed by atoms with Crippen LogP contribution in [0.4, 0.5) is 5.82 Å². The molecule has 0 fully saturated rings. The molecule has 0 aliphatic carbocycles. The van der Waals surface area contributed by atoms with Gasteiger partial charge in [-0.3, -0.25) is 4.40 Å². The Morgan fingerprint density at radius 2 is 1.94 bits per heavy atom. The molecule has 0 unspecified atom stereocenters. The zero-order valence-corrected chi connectivity index (χ0v) is 10.7. The van der Waals surface area contributed by atoms with Gasteiger partial charge in [0.1, 0.15) is 5.82 Å². The van der Waals surface area contributed by atoms with Gasteiger partial charge in [0.15, 0.2) is 0 Å². The molecule has 0 atom stereocenters. The number of hydrogen-bond acceptors (Lipinski definition) is 3. The molecule has 1 aromatic carbocycles. The summed E-state index contributed by atoms with van der Waals surface area (Å²) in [6, 6.07) is 8.33. The fourth-order valence-electron chi connectivity index (χ4n) is 2.36. The summed E-state index contributed by atoms with van der Waals surface area (Å²) in [6.07, 6.45) is 3.75. The lowest BCUT2D eigenvalue weighted by molar-refractivity contribution is 0.850. The van der Waals surface area contributed by atoms with E-state index in [0.717, 1.165) is 30.2 Å². The quantitative estimate of drug-likeness (QED) is 0.705. The van der Waals surface area contributed by atoms with Crippen molar-refractivity contribution in [2.75, 3.05) is 18.0 Å². The van der Waals surface area contributed by atoms with Crippen molar-refractivity contribution < 1.29 is 0 Å². The minimum Gasteiger partial charge on any atom is -0.356 e. The zero-order valence-electron chi connectivity index (χ0n) is 10.7. The van der Waals surface area contributed by atoms with Gasteiger partial charge in [-0.25, -0.2) is 4.98 Å². The molecule has 0 aliphatic heterocycles. The van der Waals surface area contributed by atoms with E-state index in [1.54, 1.807) is 6.20 Å². The van der Waals surface area contributed by atoms with E-state index >= 15 is 0 Å². The molecule has 18 heavy (non-hydrogen) atoms. The van der Waals surface area contributed by atoms with Crippen LogP contribution < -0.4 is 4.90 Å². The highest BCUT2D eigenvalue weighted by Crippen LogP contribution is 2.25. The minimum atomic E-state index is 0.760. The topological polar surface area (TPSA) is 33.4 Å². The maximum Gasteiger partial charge on any atom is 0.236 e. The molecular weight excluding hydrogens is 224 g/mol. The van der Waals surface area contributed by atoms with Crippen LogP contribution in [0.15, 0.2) is 36.7 Å². The van der Waals surface area contributed by atoms with Gasteiger partial charge in [0, 0.05) is 30.9 Å². The summed E-state index contributed by atoms with van der Waals surface area (Å²) in [7, 11) is 0. The van der Waals surface area contributed by atoms with Crippen molar-refractivity contribution >= 4 is 22.5 Å². The number of anilines is 1. The van der Waals surface area contributed by atoms with Gasteiger partial charge in [0.2, 0.25) is 5.78 Å². The summed E-state index contributed by atoms with van der Waals surface area (Å²) in [5, 5.41) is 1.17. The molecule has 3 rings (SSSR count). The Balaban J connectivity index is 2.40. The van der Waals surface area contributed by atoms with E-state index in [1.165, 1.54) is 5.39 Å². The number of rotatable bonds is 3. The smallest absolute Gasteiger partial charge is 0.236 e. The maximum atomic E-state index is 4.68. The number of fused-ring (bicyclic) bond motifs is 3. The molecule has 0 spiro atoms. The van der Waals surface area contributed by atoms with E-state index in [1.807, 2.05) is 16.7 Å². The lowest BCUT2D eigenvalue weighted by atomic mass is 10.2. The molecule has 4 heteroatoms. The predicted octanol–water partition coefficient (Wildman–Crippen LogP) is 2.73. The van der Waals surface area contributed by atoms with Crippen molar-refractivity contribution in [1.82, 2.24) is 14.4 Å². The molecule has 0 aliphatic rings. The van der Waals surface area contributed by atoms with Crippen LogP contribution in [0.2, 0.25) is 0 Å². The summed E-state index contributed by atoms with van der Waals surface area (Å²) in [6.45, 7) is 6.19. The molecule has 2 aromatic heterocycles. The van der Waals surface area contributed by atoms with Crippen LogP contribution in [0.25, 0.3) is 16.7 Å². The van der Waals surface area contributed by atoms with Gasteiger partial charge >= 0.3 is 0 Å². The average molecular weight is 240 g/mol. The predicted molar refractivity (Wildman–Crippen MR) is 74.1 cm³/mol. The van der Waals surface area contributed by atoms with E-state index in [9.17, 15) is 0 Å². The van der Waals surface area contributed by atoms with E-state index in [4.69, 9.17) is 0 Å². The molecule has 92 valence electrons. The second-order valence-corrected chi connectivity index (χ2v) is 4.22.